The molecule has 2 rings (SSSR count). The summed E-state index contributed by atoms with van der Waals surface area (Å²) in [7, 11) is 0. The van der Waals surface area contributed by atoms with Gasteiger partial charge in [0.2, 0.25) is 0 Å². The second kappa shape index (κ2) is 6.60. The van der Waals surface area contributed by atoms with Crippen molar-refractivity contribution in [2.45, 2.75) is 36.1 Å². The molecular weight excluding hydrogens is 318 g/mol. The SMILES string of the molecule is Cc1cccc(Sc2ccc(Br)cc2CC(C)N)c1. The minimum atomic E-state index is 0.172. The van der Waals surface area contributed by atoms with Gasteiger partial charge >= 0.3 is 0 Å². The second-order valence-electron chi connectivity index (χ2n) is 4.85. The number of rotatable bonds is 4. The quantitative estimate of drug-likeness (QED) is 0.868. The fourth-order valence-electron chi connectivity index (χ4n) is 1.96. The van der Waals surface area contributed by atoms with Crippen molar-refractivity contribution in [1.82, 2.24) is 0 Å². The number of halogens is 1. The summed E-state index contributed by atoms with van der Waals surface area (Å²) >= 11 is 5.34. The third-order valence-corrected chi connectivity index (χ3v) is 4.38. The van der Waals surface area contributed by atoms with E-state index in [1.54, 1.807) is 11.8 Å². The number of benzene rings is 2. The highest BCUT2D eigenvalue weighted by Gasteiger charge is 2.07. The van der Waals surface area contributed by atoms with Crippen molar-refractivity contribution >= 4 is 27.7 Å². The molecule has 0 bridgehead atoms. The smallest absolute Gasteiger partial charge is 0.0178 e. The molecule has 19 heavy (non-hydrogen) atoms. The van der Waals surface area contributed by atoms with Crippen LogP contribution in [-0.4, -0.2) is 6.04 Å². The van der Waals surface area contributed by atoms with Gasteiger partial charge in [0.25, 0.3) is 0 Å². The normalized spacial score (nSPS) is 12.4. The minimum absolute atomic E-state index is 0.172. The van der Waals surface area contributed by atoms with Crippen molar-refractivity contribution < 1.29 is 0 Å². The van der Waals surface area contributed by atoms with Crippen molar-refractivity contribution in [3.63, 3.8) is 0 Å². The van der Waals surface area contributed by atoms with E-state index in [-0.39, 0.29) is 6.04 Å². The van der Waals surface area contributed by atoms with Crippen LogP contribution in [0, 0.1) is 6.92 Å². The molecule has 0 aliphatic carbocycles. The molecule has 0 heterocycles. The largest absolute Gasteiger partial charge is 0.328 e. The van der Waals surface area contributed by atoms with Crippen molar-refractivity contribution in [3.8, 4) is 0 Å². The Bertz CT molecular complexity index is 566. The van der Waals surface area contributed by atoms with Gasteiger partial charge in [-0.25, -0.2) is 0 Å². The highest BCUT2D eigenvalue weighted by atomic mass is 79.9. The molecule has 0 fully saturated rings. The molecule has 3 heteroatoms. The molecule has 0 saturated carbocycles. The van der Waals surface area contributed by atoms with E-state index in [0.717, 1.165) is 10.9 Å². The van der Waals surface area contributed by atoms with E-state index in [4.69, 9.17) is 5.73 Å². The average molecular weight is 336 g/mol. The van der Waals surface area contributed by atoms with E-state index in [2.05, 4.69) is 65.3 Å². The van der Waals surface area contributed by atoms with E-state index in [1.165, 1.54) is 20.9 Å². The first-order valence-corrected chi connectivity index (χ1v) is 7.94. The maximum atomic E-state index is 5.94. The monoisotopic (exact) mass is 335 g/mol. The topological polar surface area (TPSA) is 26.0 Å². The Balaban J connectivity index is 2.28. The third kappa shape index (κ3) is 4.37. The Morgan fingerprint density at radius 1 is 1.21 bits per heavy atom. The summed E-state index contributed by atoms with van der Waals surface area (Å²) < 4.78 is 1.11. The lowest BCUT2D eigenvalue weighted by Crippen LogP contribution is -2.18. The van der Waals surface area contributed by atoms with Gasteiger partial charge in [-0.2, -0.15) is 0 Å². The summed E-state index contributed by atoms with van der Waals surface area (Å²) in [6.45, 7) is 4.16. The van der Waals surface area contributed by atoms with Crippen LogP contribution in [-0.2, 0) is 6.42 Å². The zero-order valence-corrected chi connectivity index (χ0v) is 13.6. The molecule has 0 amide bonds. The maximum absolute atomic E-state index is 5.94. The van der Waals surface area contributed by atoms with E-state index in [1.807, 2.05) is 6.92 Å². The molecule has 1 nitrogen and oxygen atoms in total. The summed E-state index contributed by atoms with van der Waals surface area (Å²) in [6.07, 6.45) is 0.896. The number of nitrogens with two attached hydrogens (primary N) is 1. The summed E-state index contributed by atoms with van der Waals surface area (Å²) in [5.41, 5.74) is 8.53. The van der Waals surface area contributed by atoms with Crippen LogP contribution in [0.4, 0.5) is 0 Å². The number of hydrogen-bond acceptors (Lipinski definition) is 2. The van der Waals surface area contributed by atoms with Gasteiger partial charge in [0.05, 0.1) is 0 Å². The van der Waals surface area contributed by atoms with Crippen LogP contribution < -0.4 is 5.73 Å². The fourth-order valence-corrected chi connectivity index (χ4v) is 3.42. The summed E-state index contributed by atoms with van der Waals surface area (Å²) in [5, 5.41) is 0. The molecule has 1 unspecified atom stereocenters. The van der Waals surface area contributed by atoms with Gasteiger partial charge in [-0.1, -0.05) is 45.4 Å². The van der Waals surface area contributed by atoms with E-state index < -0.39 is 0 Å². The average Bonchev–Trinajstić information content (AvgIpc) is 2.32. The molecule has 0 aliphatic heterocycles. The van der Waals surface area contributed by atoms with Crippen LogP contribution in [0.1, 0.15) is 18.1 Å². The molecule has 100 valence electrons. The molecule has 2 aromatic carbocycles. The molecule has 2 N–H and O–H groups in total. The Labute approximate surface area is 127 Å². The highest BCUT2D eigenvalue weighted by molar-refractivity contribution is 9.10. The Morgan fingerprint density at radius 2 is 2.00 bits per heavy atom. The van der Waals surface area contributed by atoms with Crippen LogP contribution in [0.2, 0.25) is 0 Å². The van der Waals surface area contributed by atoms with Gasteiger partial charge in [-0.3, -0.25) is 0 Å². The molecule has 0 aliphatic rings. The van der Waals surface area contributed by atoms with Crippen LogP contribution in [0.5, 0.6) is 0 Å². The first-order valence-electron chi connectivity index (χ1n) is 6.33. The molecule has 2 aromatic rings. The van der Waals surface area contributed by atoms with Crippen molar-refractivity contribution in [1.29, 1.82) is 0 Å². The van der Waals surface area contributed by atoms with Gasteiger partial charge in [-0.15, -0.1) is 0 Å². The maximum Gasteiger partial charge on any atom is 0.0178 e. The van der Waals surface area contributed by atoms with E-state index in [0.29, 0.717) is 0 Å². The number of hydrogen-bond donors (Lipinski definition) is 1. The summed E-state index contributed by atoms with van der Waals surface area (Å²) in [4.78, 5) is 2.55. The standard InChI is InChI=1S/C16H18BrNS/c1-11-4-3-5-15(8-11)19-16-7-6-14(17)10-13(16)9-12(2)18/h3-8,10,12H,9,18H2,1-2H3. The lowest BCUT2D eigenvalue weighted by atomic mass is 10.1. The predicted octanol–water partition coefficient (Wildman–Crippen LogP) is 4.80. The fraction of sp³-hybridized carbons (Fsp3) is 0.250. The lowest BCUT2D eigenvalue weighted by molar-refractivity contribution is 0.729. The molecule has 0 aromatic heterocycles. The zero-order chi connectivity index (χ0) is 13.8. The van der Waals surface area contributed by atoms with Crippen LogP contribution >= 0.6 is 27.7 Å². The van der Waals surface area contributed by atoms with Gasteiger partial charge in [0.15, 0.2) is 0 Å². The first-order chi connectivity index (χ1) is 9.04. The van der Waals surface area contributed by atoms with Gasteiger partial charge in [0, 0.05) is 20.3 Å². The molecule has 0 spiro atoms. The van der Waals surface area contributed by atoms with E-state index in [9.17, 15) is 0 Å². The van der Waals surface area contributed by atoms with E-state index >= 15 is 0 Å². The summed E-state index contributed by atoms with van der Waals surface area (Å²) in [5.74, 6) is 0. The van der Waals surface area contributed by atoms with Crippen LogP contribution in [0.15, 0.2) is 56.7 Å². The van der Waals surface area contributed by atoms with Gasteiger partial charge in [0.1, 0.15) is 0 Å². The predicted molar refractivity (Wildman–Crippen MR) is 86.8 cm³/mol. The van der Waals surface area contributed by atoms with Crippen molar-refractivity contribution in [2.75, 3.05) is 0 Å². The third-order valence-electron chi connectivity index (χ3n) is 2.78. The second-order valence-corrected chi connectivity index (χ2v) is 6.88. The first kappa shape index (κ1) is 14.6. The minimum Gasteiger partial charge on any atom is -0.328 e. The molecule has 0 saturated heterocycles. The molecule has 1 atom stereocenters. The van der Waals surface area contributed by atoms with Crippen LogP contribution in [0.3, 0.4) is 0 Å². The zero-order valence-electron chi connectivity index (χ0n) is 11.2. The highest BCUT2D eigenvalue weighted by Crippen LogP contribution is 2.33. The Kier molecular flexibility index (Phi) is 5.08. The lowest BCUT2D eigenvalue weighted by Gasteiger charge is -2.12. The van der Waals surface area contributed by atoms with Crippen molar-refractivity contribution in [3.05, 3.63) is 58.1 Å². The Morgan fingerprint density at radius 3 is 2.68 bits per heavy atom. The van der Waals surface area contributed by atoms with Gasteiger partial charge in [-0.05, 0) is 56.2 Å². The molecular formula is C16H18BrNS. The summed E-state index contributed by atoms with van der Waals surface area (Å²) in [6, 6.07) is 15.2. The Hall–Kier alpha value is -0.770. The molecule has 0 radical (unpaired) electrons. The van der Waals surface area contributed by atoms with Crippen LogP contribution in [0.25, 0.3) is 0 Å². The number of aryl methyl sites for hydroxylation is 1. The van der Waals surface area contributed by atoms with Gasteiger partial charge < -0.3 is 5.73 Å². The van der Waals surface area contributed by atoms with Crippen molar-refractivity contribution in [2.24, 2.45) is 5.73 Å².